The normalized spacial score (nSPS) is 11.9. The summed E-state index contributed by atoms with van der Waals surface area (Å²) in [6.07, 6.45) is -1.56. The first-order chi connectivity index (χ1) is 8.60. The highest BCUT2D eigenvalue weighted by Crippen LogP contribution is 2.31. The first-order valence-corrected chi connectivity index (χ1v) is 6.55. The molecule has 0 aliphatic carbocycles. The Bertz CT molecular complexity index is 407. The Morgan fingerprint density at radius 1 is 1.44 bits per heavy atom. The predicted octanol–water partition coefficient (Wildman–Crippen LogP) is 1.90. The molecular weight excluding hydrogens is 256 g/mol. The highest BCUT2D eigenvalue weighted by atomic mass is 32.2. The lowest BCUT2D eigenvalue weighted by molar-refractivity contribution is -0.146. The van der Waals surface area contributed by atoms with E-state index in [0.717, 1.165) is 5.75 Å². The molecular formula is C12H16O5S. The number of aliphatic hydroxyl groups excluding tert-OH is 1. The Hall–Kier alpha value is -1.40. The Labute approximate surface area is 110 Å². The molecule has 1 atom stereocenters. The van der Waals surface area contributed by atoms with Gasteiger partial charge in [-0.25, -0.2) is 4.79 Å². The molecule has 6 heteroatoms. The van der Waals surface area contributed by atoms with Crippen LogP contribution in [0.1, 0.15) is 18.6 Å². The quantitative estimate of drug-likeness (QED) is 0.583. The van der Waals surface area contributed by atoms with Gasteiger partial charge in [-0.15, -0.1) is 11.8 Å². The topological polar surface area (TPSA) is 76.0 Å². The van der Waals surface area contributed by atoms with Crippen LogP contribution in [0.25, 0.3) is 0 Å². The fraction of sp³-hybridized carbons (Fsp3) is 0.417. The molecule has 0 amide bonds. The number of rotatable bonds is 7. The molecule has 0 fully saturated rings. The summed E-state index contributed by atoms with van der Waals surface area (Å²) in [5.74, 6) is 1.07. The smallest absolute Gasteiger partial charge is 0.337 e. The zero-order chi connectivity index (χ0) is 13.5. The van der Waals surface area contributed by atoms with E-state index in [4.69, 9.17) is 14.6 Å². The van der Waals surface area contributed by atoms with Crippen LogP contribution in [-0.2, 0) is 4.79 Å². The fourth-order valence-corrected chi connectivity index (χ4v) is 1.68. The highest BCUT2D eigenvalue weighted by molar-refractivity contribution is 7.99. The van der Waals surface area contributed by atoms with E-state index in [9.17, 15) is 9.90 Å². The minimum Gasteiger partial charge on any atom is -0.493 e. The van der Waals surface area contributed by atoms with Gasteiger partial charge in [-0.05, 0) is 23.4 Å². The van der Waals surface area contributed by atoms with E-state index in [1.807, 2.05) is 6.92 Å². The molecule has 2 N–H and O–H groups in total. The molecule has 0 spiro atoms. The highest BCUT2D eigenvalue weighted by Gasteiger charge is 2.18. The maximum absolute atomic E-state index is 10.7. The van der Waals surface area contributed by atoms with Gasteiger partial charge in [0.1, 0.15) is 5.94 Å². The molecule has 1 unspecified atom stereocenters. The van der Waals surface area contributed by atoms with Crippen LogP contribution in [0.5, 0.6) is 11.5 Å². The van der Waals surface area contributed by atoms with Crippen molar-refractivity contribution in [3.63, 3.8) is 0 Å². The van der Waals surface area contributed by atoms with Gasteiger partial charge in [-0.2, -0.15) is 0 Å². The lowest BCUT2D eigenvalue weighted by Gasteiger charge is -2.13. The molecule has 0 aromatic heterocycles. The van der Waals surface area contributed by atoms with Gasteiger partial charge in [-0.1, -0.05) is 13.0 Å². The fourth-order valence-electron chi connectivity index (χ4n) is 1.30. The van der Waals surface area contributed by atoms with Crippen molar-refractivity contribution in [2.45, 2.75) is 13.0 Å². The van der Waals surface area contributed by atoms with Crippen molar-refractivity contribution in [1.82, 2.24) is 0 Å². The zero-order valence-corrected chi connectivity index (χ0v) is 11.1. The van der Waals surface area contributed by atoms with Gasteiger partial charge < -0.3 is 19.7 Å². The van der Waals surface area contributed by atoms with Crippen molar-refractivity contribution >= 4 is 17.7 Å². The number of ether oxygens (including phenoxy) is 2. The van der Waals surface area contributed by atoms with Crippen molar-refractivity contribution in [2.24, 2.45) is 0 Å². The molecule has 1 aromatic carbocycles. The van der Waals surface area contributed by atoms with Gasteiger partial charge in [0, 0.05) is 0 Å². The van der Waals surface area contributed by atoms with Crippen LogP contribution in [-0.4, -0.2) is 35.0 Å². The van der Waals surface area contributed by atoms with E-state index in [2.05, 4.69) is 0 Å². The summed E-state index contributed by atoms with van der Waals surface area (Å²) in [6.45, 7) is 2.03. The number of benzene rings is 1. The summed E-state index contributed by atoms with van der Waals surface area (Å²) in [5, 5.41) is 18.1. The number of hydrogen-bond acceptors (Lipinski definition) is 5. The van der Waals surface area contributed by atoms with E-state index >= 15 is 0 Å². The molecule has 0 saturated heterocycles. The number of carboxylic acids is 1. The van der Waals surface area contributed by atoms with Crippen molar-refractivity contribution in [3.05, 3.63) is 23.8 Å². The summed E-state index contributed by atoms with van der Waals surface area (Å²) < 4.78 is 10.6. The van der Waals surface area contributed by atoms with Crippen LogP contribution >= 0.6 is 11.8 Å². The molecule has 0 radical (unpaired) electrons. The van der Waals surface area contributed by atoms with E-state index in [0.29, 0.717) is 17.4 Å². The average molecular weight is 272 g/mol. The van der Waals surface area contributed by atoms with E-state index in [1.165, 1.54) is 19.2 Å². The van der Waals surface area contributed by atoms with Gasteiger partial charge in [-0.3, -0.25) is 0 Å². The minimum atomic E-state index is -1.56. The van der Waals surface area contributed by atoms with Crippen LogP contribution in [0, 0.1) is 0 Å². The van der Waals surface area contributed by atoms with Gasteiger partial charge >= 0.3 is 5.97 Å². The van der Waals surface area contributed by atoms with Crippen molar-refractivity contribution in [3.8, 4) is 11.5 Å². The van der Waals surface area contributed by atoms with Crippen LogP contribution < -0.4 is 9.47 Å². The number of hydrogen-bond donors (Lipinski definition) is 2. The van der Waals surface area contributed by atoms with E-state index in [1.54, 1.807) is 17.8 Å². The zero-order valence-electron chi connectivity index (χ0n) is 10.3. The number of aliphatic hydroxyl groups is 1. The summed E-state index contributed by atoms with van der Waals surface area (Å²) in [5.41, 5.74) is 0.259. The molecule has 100 valence electrons. The van der Waals surface area contributed by atoms with Crippen molar-refractivity contribution in [2.75, 3.05) is 18.8 Å². The van der Waals surface area contributed by atoms with Crippen LogP contribution in [0.3, 0.4) is 0 Å². The molecule has 0 heterocycles. The van der Waals surface area contributed by atoms with Crippen LogP contribution in [0.15, 0.2) is 18.2 Å². The first kappa shape index (κ1) is 14.7. The van der Waals surface area contributed by atoms with Gasteiger partial charge in [0.2, 0.25) is 0 Å². The van der Waals surface area contributed by atoms with E-state index < -0.39 is 12.1 Å². The van der Waals surface area contributed by atoms with Gasteiger partial charge in [0.25, 0.3) is 0 Å². The van der Waals surface area contributed by atoms with Gasteiger partial charge in [0.05, 0.1) is 7.11 Å². The molecule has 5 nitrogen and oxygen atoms in total. The molecule has 1 rings (SSSR count). The second-order valence-electron chi connectivity index (χ2n) is 3.41. The Morgan fingerprint density at radius 3 is 2.72 bits per heavy atom. The molecule has 0 saturated carbocycles. The monoisotopic (exact) mass is 272 g/mol. The van der Waals surface area contributed by atoms with Gasteiger partial charge in [0.15, 0.2) is 17.6 Å². The molecule has 0 aliphatic rings. The third-order valence-electron chi connectivity index (χ3n) is 2.24. The van der Waals surface area contributed by atoms with Crippen molar-refractivity contribution < 1.29 is 24.5 Å². The Kier molecular flexibility index (Phi) is 5.80. The second-order valence-corrected chi connectivity index (χ2v) is 4.63. The lowest BCUT2D eigenvalue weighted by Crippen LogP contribution is -2.10. The van der Waals surface area contributed by atoms with E-state index in [-0.39, 0.29) is 5.56 Å². The summed E-state index contributed by atoms with van der Waals surface area (Å²) in [7, 11) is 1.46. The standard InChI is InChI=1S/C12H16O5S/c1-3-18-7-17-9-5-4-8(6-10(9)16-2)11(13)12(14)15/h4-6,11,13H,3,7H2,1-2H3,(H,14,15). The number of methoxy groups -OCH3 is 1. The molecule has 1 aromatic rings. The maximum Gasteiger partial charge on any atom is 0.337 e. The first-order valence-electron chi connectivity index (χ1n) is 5.39. The average Bonchev–Trinajstić information content (AvgIpc) is 2.38. The van der Waals surface area contributed by atoms with Crippen LogP contribution in [0.2, 0.25) is 0 Å². The lowest BCUT2D eigenvalue weighted by atomic mass is 10.1. The summed E-state index contributed by atoms with van der Waals surface area (Å²) in [6, 6.07) is 4.56. The number of carbonyl (C=O) groups is 1. The minimum absolute atomic E-state index is 0.259. The van der Waals surface area contributed by atoms with Crippen molar-refractivity contribution in [1.29, 1.82) is 0 Å². The Balaban J connectivity index is 2.86. The third kappa shape index (κ3) is 3.82. The number of aliphatic carboxylic acids is 1. The van der Waals surface area contributed by atoms with Crippen LogP contribution in [0.4, 0.5) is 0 Å². The third-order valence-corrected chi connectivity index (χ3v) is 2.93. The predicted molar refractivity (Wildman–Crippen MR) is 69.2 cm³/mol. The second kappa shape index (κ2) is 7.13. The summed E-state index contributed by atoms with van der Waals surface area (Å²) >= 11 is 1.62. The molecule has 0 bridgehead atoms. The Morgan fingerprint density at radius 2 is 2.17 bits per heavy atom. The number of carboxylic acid groups (broad SMARTS) is 1. The number of thioether (sulfide) groups is 1. The molecule has 18 heavy (non-hydrogen) atoms. The summed E-state index contributed by atoms with van der Waals surface area (Å²) in [4.78, 5) is 10.7. The SMILES string of the molecule is CCSCOc1ccc(C(O)C(=O)O)cc1OC. The maximum atomic E-state index is 10.7. The molecule has 0 aliphatic heterocycles. The largest absolute Gasteiger partial charge is 0.493 e.